The van der Waals surface area contributed by atoms with Gasteiger partial charge in [-0.05, 0) is 5.56 Å². The molecular weight excluding hydrogens is 214 g/mol. The third-order valence-electron chi connectivity index (χ3n) is 2.97. The van der Waals surface area contributed by atoms with Crippen LogP contribution in [-0.4, -0.2) is 26.2 Å². The molecule has 0 spiro atoms. The molecule has 0 amide bonds. The summed E-state index contributed by atoms with van der Waals surface area (Å²) in [6.45, 7) is 2.02. The van der Waals surface area contributed by atoms with E-state index in [1.165, 1.54) is 0 Å². The molecule has 0 aliphatic rings. The summed E-state index contributed by atoms with van der Waals surface area (Å²) in [5.41, 5.74) is 1.96. The van der Waals surface area contributed by atoms with Crippen LogP contribution in [0, 0.1) is 0 Å². The maximum atomic E-state index is 10.2. The third kappa shape index (κ3) is 2.91. The fraction of sp³-hybridized carbons (Fsp3) is 0.385. The normalized spacial score (nSPS) is 14.5. The highest BCUT2D eigenvalue weighted by Gasteiger charge is 2.17. The number of aliphatic hydroxyl groups excluding tert-OH is 1. The highest BCUT2D eigenvalue weighted by Crippen LogP contribution is 2.20. The van der Waals surface area contributed by atoms with Gasteiger partial charge in [-0.3, -0.25) is 4.68 Å². The molecule has 1 heterocycles. The highest BCUT2D eigenvalue weighted by atomic mass is 16.3. The number of aromatic nitrogens is 3. The van der Waals surface area contributed by atoms with Crippen molar-refractivity contribution in [1.29, 1.82) is 0 Å². The van der Waals surface area contributed by atoms with E-state index in [0.29, 0.717) is 6.42 Å². The summed E-state index contributed by atoms with van der Waals surface area (Å²) < 4.78 is 1.65. The number of benzene rings is 1. The molecule has 4 heteroatoms. The van der Waals surface area contributed by atoms with Gasteiger partial charge in [0.05, 0.1) is 11.8 Å². The summed E-state index contributed by atoms with van der Waals surface area (Å²) in [7, 11) is 1.82. The zero-order chi connectivity index (χ0) is 12.3. The predicted octanol–water partition coefficient (Wildman–Crippen LogP) is 1.52. The topological polar surface area (TPSA) is 50.9 Å². The first-order chi connectivity index (χ1) is 8.16. The largest absolute Gasteiger partial charge is 0.392 e. The molecule has 0 saturated heterocycles. The van der Waals surface area contributed by atoms with Crippen LogP contribution in [0.2, 0.25) is 0 Å². The van der Waals surface area contributed by atoms with E-state index in [1.54, 1.807) is 4.68 Å². The van der Waals surface area contributed by atoms with Gasteiger partial charge in [-0.15, -0.1) is 5.10 Å². The Labute approximate surface area is 101 Å². The summed E-state index contributed by atoms with van der Waals surface area (Å²) in [6.07, 6.45) is 1.93. The molecule has 1 N–H and O–H groups in total. The molecule has 2 aromatic rings. The number of nitrogens with zero attached hydrogens (tertiary/aromatic N) is 3. The van der Waals surface area contributed by atoms with Crippen LogP contribution in [0.25, 0.3) is 0 Å². The SMILES string of the molecule is CC(c1ccccc1)C(O)Cc1cn(C)nn1. The Balaban J connectivity index is 2.03. The first kappa shape index (κ1) is 11.8. The van der Waals surface area contributed by atoms with Crippen LogP contribution in [0.4, 0.5) is 0 Å². The average Bonchev–Trinajstić information content (AvgIpc) is 2.75. The van der Waals surface area contributed by atoms with Gasteiger partial charge in [-0.2, -0.15) is 0 Å². The van der Waals surface area contributed by atoms with E-state index >= 15 is 0 Å². The fourth-order valence-corrected chi connectivity index (χ4v) is 1.86. The van der Waals surface area contributed by atoms with Crippen LogP contribution in [0.3, 0.4) is 0 Å². The van der Waals surface area contributed by atoms with Crippen molar-refractivity contribution in [2.45, 2.75) is 25.4 Å². The maximum absolute atomic E-state index is 10.2. The summed E-state index contributed by atoms with van der Waals surface area (Å²) in [4.78, 5) is 0. The minimum atomic E-state index is -0.436. The van der Waals surface area contributed by atoms with Crippen molar-refractivity contribution in [3.8, 4) is 0 Å². The number of hydrogen-bond donors (Lipinski definition) is 1. The van der Waals surface area contributed by atoms with Gasteiger partial charge >= 0.3 is 0 Å². The lowest BCUT2D eigenvalue weighted by molar-refractivity contribution is 0.148. The summed E-state index contributed by atoms with van der Waals surface area (Å²) in [5, 5.41) is 18.0. The van der Waals surface area contributed by atoms with Crippen molar-refractivity contribution >= 4 is 0 Å². The van der Waals surface area contributed by atoms with Crippen LogP contribution in [0.5, 0.6) is 0 Å². The molecule has 1 aromatic heterocycles. The Morgan fingerprint density at radius 2 is 2.00 bits per heavy atom. The van der Waals surface area contributed by atoms with Crippen LogP contribution < -0.4 is 0 Å². The summed E-state index contributed by atoms with van der Waals surface area (Å²) in [5.74, 6) is 0.0956. The monoisotopic (exact) mass is 231 g/mol. The minimum absolute atomic E-state index is 0.0956. The molecule has 90 valence electrons. The van der Waals surface area contributed by atoms with Crippen molar-refractivity contribution in [3.63, 3.8) is 0 Å². The number of rotatable bonds is 4. The van der Waals surface area contributed by atoms with Crippen LogP contribution in [0.15, 0.2) is 36.5 Å². The van der Waals surface area contributed by atoms with Gasteiger partial charge in [0.15, 0.2) is 0 Å². The zero-order valence-electron chi connectivity index (χ0n) is 10.1. The Kier molecular flexibility index (Phi) is 3.54. The molecule has 4 nitrogen and oxygen atoms in total. The summed E-state index contributed by atoms with van der Waals surface area (Å²) >= 11 is 0. The van der Waals surface area contributed by atoms with Crippen molar-refractivity contribution in [2.75, 3.05) is 0 Å². The van der Waals surface area contributed by atoms with Gasteiger partial charge in [0.2, 0.25) is 0 Å². The molecule has 0 aliphatic carbocycles. The van der Waals surface area contributed by atoms with Crippen molar-refractivity contribution in [2.24, 2.45) is 7.05 Å². The van der Waals surface area contributed by atoms with Crippen LogP contribution in [0.1, 0.15) is 24.1 Å². The Bertz CT molecular complexity index is 467. The molecule has 2 unspecified atom stereocenters. The van der Waals surface area contributed by atoms with Gasteiger partial charge in [-0.1, -0.05) is 42.5 Å². The third-order valence-corrected chi connectivity index (χ3v) is 2.97. The quantitative estimate of drug-likeness (QED) is 0.868. The fourth-order valence-electron chi connectivity index (χ4n) is 1.86. The molecule has 17 heavy (non-hydrogen) atoms. The molecule has 0 radical (unpaired) electrons. The lowest BCUT2D eigenvalue weighted by Crippen LogP contribution is -2.18. The molecule has 2 atom stereocenters. The van der Waals surface area contributed by atoms with Crippen LogP contribution >= 0.6 is 0 Å². The van der Waals surface area contributed by atoms with Gasteiger partial charge in [0.1, 0.15) is 0 Å². The van der Waals surface area contributed by atoms with E-state index < -0.39 is 6.10 Å². The Hall–Kier alpha value is -1.68. The summed E-state index contributed by atoms with van der Waals surface area (Å²) in [6, 6.07) is 10.0. The Morgan fingerprint density at radius 3 is 2.59 bits per heavy atom. The van der Waals surface area contributed by atoms with Crippen molar-refractivity contribution in [3.05, 3.63) is 47.8 Å². The van der Waals surface area contributed by atoms with E-state index in [1.807, 2.05) is 50.5 Å². The minimum Gasteiger partial charge on any atom is -0.392 e. The first-order valence-corrected chi connectivity index (χ1v) is 5.75. The van der Waals surface area contributed by atoms with E-state index in [4.69, 9.17) is 0 Å². The molecule has 2 rings (SSSR count). The highest BCUT2D eigenvalue weighted by molar-refractivity contribution is 5.20. The van der Waals surface area contributed by atoms with E-state index in [9.17, 15) is 5.11 Å². The number of aryl methyl sites for hydroxylation is 1. The smallest absolute Gasteiger partial charge is 0.0852 e. The van der Waals surface area contributed by atoms with E-state index in [2.05, 4.69) is 10.3 Å². The molecule has 1 aromatic carbocycles. The second-order valence-corrected chi connectivity index (χ2v) is 4.35. The van der Waals surface area contributed by atoms with Crippen LogP contribution in [-0.2, 0) is 13.5 Å². The molecule has 0 fully saturated rings. The van der Waals surface area contributed by atoms with Crippen molar-refractivity contribution < 1.29 is 5.11 Å². The van der Waals surface area contributed by atoms with Crippen molar-refractivity contribution in [1.82, 2.24) is 15.0 Å². The first-order valence-electron chi connectivity index (χ1n) is 5.75. The lowest BCUT2D eigenvalue weighted by atomic mass is 9.93. The molecule has 0 saturated carbocycles. The lowest BCUT2D eigenvalue weighted by Gasteiger charge is -2.18. The van der Waals surface area contributed by atoms with E-state index in [-0.39, 0.29) is 5.92 Å². The average molecular weight is 231 g/mol. The van der Waals surface area contributed by atoms with Gasteiger partial charge in [-0.25, -0.2) is 0 Å². The molecule has 0 bridgehead atoms. The standard InChI is InChI=1S/C13H17N3O/c1-10(11-6-4-3-5-7-11)13(17)8-12-9-16(2)15-14-12/h3-7,9-10,13,17H,8H2,1-2H3. The second-order valence-electron chi connectivity index (χ2n) is 4.35. The van der Waals surface area contributed by atoms with Gasteiger partial charge < -0.3 is 5.11 Å². The second kappa shape index (κ2) is 5.10. The molecular formula is C13H17N3O. The predicted molar refractivity (Wildman–Crippen MR) is 65.6 cm³/mol. The Morgan fingerprint density at radius 1 is 1.29 bits per heavy atom. The number of aliphatic hydroxyl groups is 1. The molecule has 0 aliphatic heterocycles. The maximum Gasteiger partial charge on any atom is 0.0852 e. The van der Waals surface area contributed by atoms with Gasteiger partial charge in [0, 0.05) is 25.6 Å². The van der Waals surface area contributed by atoms with Gasteiger partial charge in [0.25, 0.3) is 0 Å². The zero-order valence-corrected chi connectivity index (χ0v) is 10.1. The van der Waals surface area contributed by atoms with E-state index in [0.717, 1.165) is 11.3 Å². The number of hydrogen-bond acceptors (Lipinski definition) is 3.